The number of carbonyl (C=O) groups is 1. The number of benzene rings is 1. The van der Waals surface area contributed by atoms with Crippen molar-refractivity contribution < 1.29 is 19.0 Å². The van der Waals surface area contributed by atoms with Crippen molar-refractivity contribution >= 4 is 40.9 Å². The molecule has 0 unspecified atom stereocenters. The third-order valence-corrected chi connectivity index (χ3v) is 3.64. The van der Waals surface area contributed by atoms with E-state index in [0.717, 1.165) is 5.56 Å². The second kappa shape index (κ2) is 9.45. The van der Waals surface area contributed by atoms with Crippen LogP contribution in [-0.4, -0.2) is 44.0 Å². The minimum atomic E-state index is -0.366. The maximum Gasteiger partial charge on any atom is 0.262 e. The summed E-state index contributed by atoms with van der Waals surface area (Å²) >= 11 is 11.2. The normalized spacial score (nSPS) is 14.0. The Balaban J connectivity index is 1.86. The van der Waals surface area contributed by atoms with Crippen molar-refractivity contribution in [3.63, 3.8) is 0 Å². The Bertz CT molecular complexity index is 669. The van der Waals surface area contributed by atoms with E-state index in [1.165, 1.54) is 6.08 Å². The summed E-state index contributed by atoms with van der Waals surface area (Å²) in [4.78, 5) is 11.8. The molecule has 7 nitrogen and oxygen atoms in total. The summed E-state index contributed by atoms with van der Waals surface area (Å²) in [5.41, 5.74) is 5.80. The number of carbonyl (C=O) groups excluding carboxylic acids is 1. The fourth-order valence-electron chi connectivity index (χ4n) is 2.11. The smallest absolute Gasteiger partial charge is 0.262 e. The highest BCUT2D eigenvalue weighted by Crippen LogP contribution is 2.38. The maximum absolute atomic E-state index is 11.8. The van der Waals surface area contributed by atoms with Gasteiger partial charge in [0.15, 0.2) is 16.6 Å². The highest BCUT2D eigenvalue weighted by molar-refractivity contribution is 7.80. The Kier molecular flexibility index (Phi) is 7.30. The average Bonchev–Trinajstić information content (AvgIpc) is 2.58. The van der Waals surface area contributed by atoms with E-state index in [9.17, 15) is 4.79 Å². The first-order chi connectivity index (χ1) is 12.0. The molecule has 0 fully saturated rings. The number of ether oxygens (including phenoxy) is 3. The highest BCUT2D eigenvalue weighted by atomic mass is 35.5. The first-order valence-corrected chi connectivity index (χ1v) is 8.41. The van der Waals surface area contributed by atoms with Gasteiger partial charge in [-0.3, -0.25) is 15.6 Å². The monoisotopic (exact) mass is 385 g/mol. The molecule has 3 N–H and O–H groups in total. The number of thiocarbonyl (C=S) groups is 1. The van der Waals surface area contributed by atoms with E-state index >= 15 is 0 Å². The van der Waals surface area contributed by atoms with Gasteiger partial charge in [0, 0.05) is 19.2 Å². The first kappa shape index (κ1) is 19.3. The van der Waals surface area contributed by atoms with Crippen LogP contribution in [0.4, 0.5) is 0 Å². The SMILES string of the molecule is COC[C@H](C)NC(=S)NNC(=O)/C=C/c1cc(Cl)c2c(c1)OCCO2. The van der Waals surface area contributed by atoms with E-state index in [-0.39, 0.29) is 11.9 Å². The number of hydrogen-bond donors (Lipinski definition) is 3. The highest BCUT2D eigenvalue weighted by Gasteiger charge is 2.15. The van der Waals surface area contributed by atoms with E-state index in [4.69, 9.17) is 38.0 Å². The van der Waals surface area contributed by atoms with Crippen molar-refractivity contribution in [1.29, 1.82) is 0 Å². The summed E-state index contributed by atoms with van der Waals surface area (Å²) in [6.45, 7) is 3.34. The molecular weight excluding hydrogens is 366 g/mol. The number of methoxy groups -OCH3 is 1. The number of fused-ring (bicyclic) bond motifs is 1. The Morgan fingerprint density at radius 1 is 1.40 bits per heavy atom. The van der Waals surface area contributed by atoms with Gasteiger partial charge in [0.2, 0.25) is 0 Å². The second-order valence-corrected chi connectivity index (χ2v) is 6.12. The molecule has 0 bridgehead atoms. The van der Waals surface area contributed by atoms with Crippen molar-refractivity contribution in [2.24, 2.45) is 0 Å². The summed E-state index contributed by atoms with van der Waals surface area (Å²) in [7, 11) is 1.60. The Labute approximate surface area is 156 Å². The molecule has 1 aromatic rings. The Morgan fingerprint density at radius 3 is 2.92 bits per heavy atom. The molecule has 0 radical (unpaired) electrons. The van der Waals surface area contributed by atoms with Crippen molar-refractivity contribution in [3.8, 4) is 11.5 Å². The molecule has 0 aromatic heterocycles. The summed E-state index contributed by atoms with van der Waals surface area (Å²) in [6, 6.07) is 3.48. The fraction of sp³-hybridized carbons (Fsp3) is 0.375. The number of rotatable bonds is 5. The molecule has 0 aliphatic carbocycles. The zero-order chi connectivity index (χ0) is 18.2. The van der Waals surface area contributed by atoms with E-state index in [1.807, 2.05) is 6.92 Å². The first-order valence-electron chi connectivity index (χ1n) is 7.62. The molecule has 0 saturated heterocycles. The number of nitrogens with one attached hydrogen (secondary N) is 3. The van der Waals surface area contributed by atoms with Crippen LogP contribution in [0, 0.1) is 0 Å². The van der Waals surface area contributed by atoms with Gasteiger partial charge < -0.3 is 19.5 Å². The summed E-state index contributed by atoms with van der Waals surface area (Å²) in [5.74, 6) is 0.724. The van der Waals surface area contributed by atoms with Gasteiger partial charge in [-0.2, -0.15) is 0 Å². The van der Waals surface area contributed by atoms with E-state index in [1.54, 1.807) is 25.3 Å². The molecular formula is C16H20ClN3O4S. The predicted octanol–water partition coefficient (Wildman–Crippen LogP) is 1.65. The molecule has 25 heavy (non-hydrogen) atoms. The number of amides is 1. The minimum absolute atomic E-state index is 0.0253. The lowest BCUT2D eigenvalue weighted by molar-refractivity contribution is -0.116. The van der Waals surface area contributed by atoms with E-state index in [2.05, 4.69) is 16.2 Å². The minimum Gasteiger partial charge on any atom is -0.486 e. The third-order valence-electron chi connectivity index (χ3n) is 3.14. The number of hydrazine groups is 1. The molecule has 1 amide bonds. The van der Waals surface area contributed by atoms with Gasteiger partial charge >= 0.3 is 0 Å². The lowest BCUT2D eigenvalue weighted by Gasteiger charge is -2.19. The maximum atomic E-state index is 11.8. The van der Waals surface area contributed by atoms with Crippen molar-refractivity contribution in [2.45, 2.75) is 13.0 Å². The van der Waals surface area contributed by atoms with Gasteiger partial charge in [-0.05, 0) is 42.9 Å². The molecule has 1 heterocycles. The topological polar surface area (TPSA) is 80.9 Å². The lowest BCUT2D eigenvalue weighted by atomic mass is 10.1. The average molecular weight is 386 g/mol. The summed E-state index contributed by atoms with van der Waals surface area (Å²) < 4.78 is 15.9. The van der Waals surface area contributed by atoms with Crippen LogP contribution in [0.1, 0.15) is 12.5 Å². The number of halogens is 1. The molecule has 2 rings (SSSR count). The van der Waals surface area contributed by atoms with Crippen LogP contribution in [0.3, 0.4) is 0 Å². The molecule has 0 spiro atoms. The van der Waals surface area contributed by atoms with E-state index < -0.39 is 0 Å². The molecule has 1 aliphatic rings. The van der Waals surface area contributed by atoms with Crippen molar-refractivity contribution in [2.75, 3.05) is 26.9 Å². The molecule has 136 valence electrons. The summed E-state index contributed by atoms with van der Waals surface area (Å²) in [6.07, 6.45) is 2.97. The largest absolute Gasteiger partial charge is 0.486 e. The molecule has 0 saturated carbocycles. The van der Waals surface area contributed by atoms with Crippen LogP contribution in [0.2, 0.25) is 5.02 Å². The van der Waals surface area contributed by atoms with Crippen LogP contribution in [0.5, 0.6) is 11.5 Å². The molecule has 1 atom stereocenters. The van der Waals surface area contributed by atoms with Crippen LogP contribution < -0.4 is 25.6 Å². The van der Waals surface area contributed by atoms with E-state index in [0.29, 0.717) is 41.5 Å². The van der Waals surface area contributed by atoms with Gasteiger partial charge in [0.25, 0.3) is 5.91 Å². The fourth-order valence-corrected chi connectivity index (χ4v) is 2.64. The van der Waals surface area contributed by atoms with Gasteiger partial charge in [-0.1, -0.05) is 11.6 Å². The second-order valence-electron chi connectivity index (χ2n) is 5.30. The number of hydrogen-bond acceptors (Lipinski definition) is 5. The quantitative estimate of drug-likeness (QED) is 0.404. The van der Waals surface area contributed by atoms with Crippen LogP contribution in [0.15, 0.2) is 18.2 Å². The third kappa shape index (κ3) is 6.08. The van der Waals surface area contributed by atoms with Gasteiger partial charge in [0.1, 0.15) is 13.2 Å². The lowest BCUT2D eigenvalue weighted by Crippen LogP contribution is -2.49. The van der Waals surface area contributed by atoms with Gasteiger partial charge in [-0.25, -0.2) is 0 Å². The van der Waals surface area contributed by atoms with Gasteiger partial charge in [0.05, 0.1) is 11.6 Å². The Hall–Kier alpha value is -2.03. The zero-order valence-corrected chi connectivity index (χ0v) is 15.5. The van der Waals surface area contributed by atoms with Gasteiger partial charge in [-0.15, -0.1) is 0 Å². The molecule has 1 aromatic carbocycles. The van der Waals surface area contributed by atoms with Crippen LogP contribution >= 0.6 is 23.8 Å². The van der Waals surface area contributed by atoms with Crippen LogP contribution in [-0.2, 0) is 9.53 Å². The zero-order valence-electron chi connectivity index (χ0n) is 13.9. The standard InChI is InChI=1S/C16H20ClN3O4S/c1-10(9-22-2)18-16(25)20-19-14(21)4-3-11-7-12(17)15-13(8-11)23-5-6-24-15/h3-4,7-8,10H,5-6,9H2,1-2H3,(H,19,21)(H2,18,20,25)/b4-3+/t10-/m0/s1. The van der Waals surface area contributed by atoms with Crippen molar-refractivity contribution in [3.05, 3.63) is 28.8 Å². The summed E-state index contributed by atoms with van der Waals surface area (Å²) in [5, 5.41) is 3.70. The Morgan fingerprint density at radius 2 is 2.16 bits per heavy atom. The molecule has 1 aliphatic heterocycles. The van der Waals surface area contributed by atoms with Crippen LogP contribution in [0.25, 0.3) is 6.08 Å². The predicted molar refractivity (Wildman–Crippen MR) is 99.8 cm³/mol. The molecule has 9 heteroatoms. The van der Waals surface area contributed by atoms with Crippen molar-refractivity contribution in [1.82, 2.24) is 16.2 Å².